The van der Waals surface area contributed by atoms with Crippen LogP contribution in [0, 0.1) is 20.2 Å². The molecule has 14 heteroatoms. The molecule has 0 unspecified atom stereocenters. The number of nitro benzene ring substituents is 2. The first kappa shape index (κ1) is 24.2. The van der Waals surface area contributed by atoms with Crippen molar-refractivity contribution in [3.8, 4) is 5.88 Å². The second kappa shape index (κ2) is 9.74. The van der Waals surface area contributed by atoms with Crippen LogP contribution in [0.2, 0.25) is 5.02 Å². The summed E-state index contributed by atoms with van der Waals surface area (Å²) in [7, 11) is 2.04. The highest BCUT2D eigenvalue weighted by molar-refractivity contribution is 6.31. The topological polar surface area (TPSA) is 160 Å². The number of hydrogen-bond donors (Lipinski definition) is 1. The van der Waals surface area contributed by atoms with Gasteiger partial charge in [0.2, 0.25) is 5.88 Å². The fourth-order valence-electron chi connectivity index (χ4n) is 3.81. The minimum absolute atomic E-state index is 0.00934. The first-order valence-electron chi connectivity index (χ1n) is 10.5. The molecule has 0 bridgehead atoms. The average Bonchev–Trinajstić information content (AvgIpc) is 3.08. The van der Waals surface area contributed by atoms with Crippen LogP contribution in [-0.4, -0.2) is 68.5 Å². The van der Waals surface area contributed by atoms with Gasteiger partial charge in [-0.05, 0) is 25.2 Å². The summed E-state index contributed by atoms with van der Waals surface area (Å²) in [5.41, 5.74) is -1.02. The van der Waals surface area contributed by atoms with Gasteiger partial charge in [0.15, 0.2) is 5.69 Å². The van der Waals surface area contributed by atoms with E-state index in [4.69, 9.17) is 11.6 Å². The van der Waals surface area contributed by atoms with Crippen LogP contribution in [0.5, 0.6) is 5.88 Å². The van der Waals surface area contributed by atoms with Crippen LogP contribution in [0.3, 0.4) is 0 Å². The number of benzene rings is 2. The Kier molecular flexibility index (Phi) is 6.73. The Labute approximate surface area is 203 Å². The first-order valence-corrected chi connectivity index (χ1v) is 10.8. The molecule has 1 aliphatic heterocycles. The lowest BCUT2D eigenvalue weighted by Gasteiger charge is -2.32. The third kappa shape index (κ3) is 5.11. The van der Waals surface area contributed by atoms with Crippen LogP contribution < -0.4 is 0 Å². The standard InChI is InChI=1S/C21H20ClN7O6/c1-25-4-6-26(7-5-25)12-27-18-3-2-14(22)10-17(18)19(21(27)31)23-24-20(30)13-8-15(28(32)33)11-16(9-13)29(34)35/h2-3,8-11,31H,4-7,12H2,1H3. The van der Waals surface area contributed by atoms with Crippen molar-refractivity contribution in [3.05, 3.63) is 67.2 Å². The van der Waals surface area contributed by atoms with E-state index in [1.807, 2.05) is 7.05 Å². The van der Waals surface area contributed by atoms with Gasteiger partial charge < -0.3 is 10.0 Å². The quantitative estimate of drug-likeness (QED) is 0.302. The number of hydrogen-bond acceptors (Lipinski definition) is 9. The smallest absolute Gasteiger partial charge is 0.295 e. The van der Waals surface area contributed by atoms with E-state index in [1.165, 1.54) is 0 Å². The van der Waals surface area contributed by atoms with E-state index in [9.17, 15) is 30.1 Å². The Morgan fingerprint density at radius 3 is 2.29 bits per heavy atom. The van der Waals surface area contributed by atoms with Gasteiger partial charge in [0.05, 0.1) is 33.7 Å². The molecule has 0 saturated carbocycles. The molecule has 1 fully saturated rings. The lowest BCUT2D eigenvalue weighted by Crippen LogP contribution is -2.44. The Balaban J connectivity index is 1.70. The summed E-state index contributed by atoms with van der Waals surface area (Å²) in [6, 6.07) is 7.46. The average molecular weight is 502 g/mol. The van der Waals surface area contributed by atoms with Gasteiger partial charge >= 0.3 is 0 Å². The second-order valence-corrected chi connectivity index (χ2v) is 8.52. The number of carbonyl (C=O) groups excluding carboxylic acids is 1. The third-order valence-corrected chi connectivity index (χ3v) is 5.96. The number of halogens is 1. The number of fused-ring (bicyclic) bond motifs is 1. The molecule has 0 radical (unpaired) electrons. The van der Waals surface area contributed by atoms with Crippen molar-refractivity contribution in [1.82, 2.24) is 14.4 Å². The molecular formula is C21H20ClN7O6. The summed E-state index contributed by atoms with van der Waals surface area (Å²) in [5.74, 6) is -1.28. The number of non-ortho nitro benzene ring substituents is 2. The summed E-state index contributed by atoms with van der Waals surface area (Å²) in [6.07, 6.45) is 0. The maximum Gasteiger partial charge on any atom is 0.295 e. The first-order chi connectivity index (χ1) is 16.6. The lowest BCUT2D eigenvalue weighted by molar-refractivity contribution is -0.394. The SMILES string of the molecule is CN1CCN(Cn2c(O)c(N=NC(=O)c3cc([N+](=O)[O-])cc([N+](=O)[O-])c3)c3cc(Cl)ccc32)CC1. The zero-order valence-corrected chi connectivity index (χ0v) is 19.3. The minimum Gasteiger partial charge on any atom is -0.493 e. The molecule has 1 saturated heterocycles. The molecule has 2 aromatic carbocycles. The molecule has 3 aromatic rings. The van der Waals surface area contributed by atoms with Crippen molar-refractivity contribution < 1.29 is 19.7 Å². The molecule has 4 rings (SSSR count). The minimum atomic E-state index is -1.04. The zero-order chi connectivity index (χ0) is 25.3. The molecule has 0 aliphatic carbocycles. The van der Waals surface area contributed by atoms with Crippen LogP contribution in [0.4, 0.5) is 17.1 Å². The summed E-state index contributed by atoms with van der Waals surface area (Å²) in [4.78, 5) is 37.5. The summed E-state index contributed by atoms with van der Waals surface area (Å²) < 4.78 is 1.63. The van der Waals surface area contributed by atoms with Gasteiger partial charge in [-0.3, -0.25) is 34.5 Å². The largest absolute Gasteiger partial charge is 0.493 e. The normalized spacial score (nSPS) is 15.1. The van der Waals surface area contributed by atoms with Crippen molar-refractivity contribution >= 4 is 45.5 Å². The second-order valence-electron chi connectivity index (χ2n) is 8.08. The number of rotatable bonds is 6. The molecule has 0 spiro atoms. The Hall–Kier alpha value is -3.94. The monoisotopic (exact) mass is 501 g/mol. The van der Waals surface area contributed by atoms with E-state index in [2.05, 4.69) is 20.0 Å². The van der Waals surface area contributed by atoms with Gasteiger partial charge in [0.1, 0.15) is 0 Å². The molecule has 0 atom stereocenters. The Morgan fingerprint density at radius 1 is 1.06 bits per heavy atom. The number of piperazine rings is 1. The molecular weight excluding hydrogens is 482 g/mol. The predicted molar refractivity (Wildman–Crippen MR) is 126 cm³/mol. The van der Waals surface area contributed by atoms with Crippen molar-refractivity contribution in [2.45, 2.75) is 6.67 Å². The van der Waals surface area contributed by atoms with Crippen molar-refractivity contribution in [1.29, 1.82) is 0 Å². The van der Waals surface area contributed by atoms with Gasteiger partial charge in [-0.1, -0.05) is 11.6 Å². The summed E-state index contributed by atoms with van der Waals surface area (Å²) >= 11 is 6.14. The van der Waals surface area contributed by atoms with Gasteiger partial charge in [0.25, 0.3) is 17.3 Å². The number of carbonyl (C=O) groups is 1. The van der Waals surface area contributed by atoms with E-state index in [0.717, 1.165) is 44.4 Å². The lowest BCUT2D eigenvalue weighted by atomic mass is 10.1. The number of aromatic hydroxyl groups is 1. The number of aromatic nitrogens is 1. The van der Waals surface area contributed by atoms with Gasteiger partial charge in [-0.2, -0.15) is 0 Å². The zero-order valence-electron chi connectivity index (χ0n) is 18.5. The van der Waals surface area contributed by atoms with Gasteiger partial charge in [0, 0.05) is 48.7 Å². The van der Waals surface area contributed by atoms with Crippen LogP contribution in [-0.2, 0) is 6.67 Å². The fraction of sp³-hybridized carbons (Fsp3) is 0.286. The molecule has 1 amide bonds. The van der Waals surface area contributed by atoms with E-state index >= 15 is 0 Å². The van der Waals surface area contributed by atoms with Crippen LogP contribution >= 0.6 is 11.6 Å². The van der Waals surface area contributed by atoms with Crippen LogP contribution in [0.15, 0.2) is 46.6 Å². The Bertz CT molecular complexity index is 1330. The van der Waals surface area contributed by atoms with E-state index in [-0.39, 0.29) is 17.1 Å². The van der Waals surface area contributed by atoms with Crippen LogP contribution in [0.1, 0.15) is 10.4 Å². The molecule has 1 N–H and O–H groups in total. The van der Waals surface area contributed by atoms with Crippen molar-refractivity contribution in [3.63, 3.8) is 0 Å². The third-order valence-electron chi connectivity index (χ3n) is 5.72. The summed E-state index contributed by atoms with van der Waals surface area (Å²) in [5, 5.41) is 41.5. The molecule has 182 valence electrons. The number of nitrogens with zero attached hydrogens (tertiary/aromatic N) is 7. The highest BCUT2D eigenvalue weighted by atomic mass is 35.5. The maximum absolute atomic E-state index is 12.6. The van der Waals surface area contributed by atoms with Crippen molar-refractivity contribution in [2.24, 2.45) is 10.2 Å². The highest BCUT2D eigenvalue weighted by Crippen LogP contribution is 2.40. The van der Waals surface area contributed by atoms with Gasteiger partial charge in [-0.15, -0.1) is 10.2 Å². The highest BCUT2D eigenvalue weighted by Gasteiger charge is 2.23. The number of likely N-dealkylation sites (N-methyl/N-ethyl adjacent to an activating group) is 1. The number of nitro groups is 2. The fourth-order valence-corrected chi connectivity index (χ4v) is 3.98. The maximum atomic E-state index is 12.6. The molecule has 13 nitrogen and oxygen atoms in total. The predicted octanol–water partition coefficient (Wildman–Crippen LogP) is 3.95. The van der Waals surface area contributed by atoms with E-state index in [0.29, 0.717) is 22.6 Å². The number of amides is 1. The molecule has 1 aliphatic rings. The summed E-state index contributed by atoms with van der Waals surface area (Å²) in [6.45, 7) is 3.72. The number of azo groups is 1. The van der Waals surface area contributed by atoms with E-state index in [1.54, 1.807) is 22.8 Å². The van der Waals surface area contributed by atoms with E-state index < -0.39 is 27.1 Å². The Morgan fingerprint density at radius 2 is 1.69 bits per heavy atom. The molecule has 35 heavy (non-hydrogen) atoms. The van der Waals surface area contributed by atoms with Gasteiger partial charge in [-0.25, -0.2) is 0 Å². The molecule has 2 heterocycles. The molecule has 1 aromatic heterocycles. The van der Waals surface area contributed by atoms with Crippen molar-refractivity contribution in [2.75, 3.05) is 33.2 Å². The van der Waals surface area contributed by atoms with Crippen LogP contribution in [0.25, 0.3) is 10.9 Å².